The van der Waals surface area contributed by atoms with Gasteiger partial charge in [-0.2, -0.15) is 17.9 Å². The maximum absolute atomic E-state index is 13.3. The average Bonchev–Trinajstić information content (AvgIpc) is 3.47. The number of amides is 1. The fourth-order valence-corrected chi connectivity index (χ4v) is 8.01. The first-order chi connectivity index (χ1) is 20.4. The van der Waals surface area contributed by atoms with Gasteiger partial charge in [-0.3, -0.25) is 10.3 Å². The first-order valence-electron chi connectivity index (χ1n) is 13.7. The summed E-state index contributed by atoms with van der Waals surface area (Å²) in [5.41, 5.74) is 1.18. The summed E-state index contributed by atoms with van der Waals surface area (Å²) in [7, 11) is -4.09. The lowest BCUT2D eigenvalue weighted by Crippen LogP contribution is -2.48. The van der Waals surface area contributed by atoms with Crippen LogP contribution in [0, 0.1) is 0 Å². The van der Waals surface area contributed by atoms with E-state index in [0.29, 0.717) is 17.2 Å². The van der Waals surface area contributed by atoms with Gasteiger partial charge in [0.05, 0.1) is 23.0 Å². The summed E-state index contributed by atoms with van der Waals surface area (Å²) in [6.45, 7) is 11.3. The molecule has 1 amide bonds. The van der Waals surface area contributed by atoms with Crippen LogP contribution in [0.5, 0.6) is 0 Å². The number of hydrogen-bond acceptors (Lipinski definition) is 8. The van der Waals surface area contributed by atoms with Gasteiger partial charge in [-0.1, -0.05) is 29.8 Å². The SMILES string of the molecule is CC(C)(C)NS(=O)(=O)NC(c1cc2cccc(-c3cc([C@@]4(C)COC(C)(C)O4)ccn3)c2s1)c1nc(NC(=O)O)ccc1Cl. The molecule has 0 bridgehead atoms. The van der Waals surface area contributed by atoms with Gasteiger partial charge in [-0.25, -0.2) is 9.78 Å². The number of pyridine rings is 2. The van der Waals surface area contributed by atoms with Gasteiger partial charge in [0.25, 0.3) is 10.2 Å². The fraction of sp³-hybridized carbons (Fsp3) is 0.367. The van der Waals surface area contributed by atoms with E-state index in [-0.39, 0.29) is 16.5 Å². The highest BCUT2D eigenvalue weighted by Gasteiger charge is 2.43. The molecule has 1 unspecified atom stereocenters. The van der Waals surface area contributed by atoms with Gasteiger partial charge in [0.1, 0.15) is 17.5 Å². The number of thiophene rings is 1. The van der Waals surface area contributed by atoms with Crippen molar-refractivity contribution in [2.75, 3.05) is 11.9 Å². The molecule has 4 N–H and O–H groups in total. The predicted octanol–water partition coefficient (Wildman–Crippen LogP) is 6.41. The summed E-state index contributed by atoms with van der Waals surface area (Å²) >= 11 is 7.92. The summed E-state index contributed by atoms with van der Waals surface area (Å²) < 4.78 is 44.8. The number of carboxylic acid groups (broad SMARTS) is 1. The van der Waals surface area contributed by atoms with E-state index < -0.39 is 39.3 Å². The molecule has 1 aromatic carbocycles. The highest BCUT2D eigenvalue weighted by atomic mass is 35.5. The summed E-state index contributed by atoms with van der Waals surface area (Å²) in [5.74, 6) is -0.708. The molecule has 11 nitrogen and oxygen atoms in total. The second-order valence-corrected chi connectivity index (χ2v) is 15.2. The molecule has 0 radical (unpaired) electrons. The van der Waals surface area contributed by atoms with Crippen molar-refractivity contribution in [2.24, 2.45) is 0 Å². The average molecular weight is 660 g/mol. The zero-order chi connectivity index (χ0) is 32.1. The number of aromatic nitrogens is 2. The Morgan fingerprint density at radius 1 is 1.14 bits per heavy atom. The van der Waals surface area contributed by atoms with E-state index >= 15 is 0 Å². The number of fused-ring (bicyclic) bond motifs is 1. The molecule has 4 aromatic rings. The minimum absolute atomic E-state index is 0.00229. The predicted molar refractivity (Wildman–Crippen MR) is 171 cm³/mol. The second-order valence-electron chi connectivity index (χ2n) is 12.2. The summed E-state index contributed by atoms with van der Waals surface area (Å²) in [6.07, 6.45) is 0.419. The molecule has 14 heteroatoms. The Kier molecular flexibility index (Phi) is 8.53. The van der Waals surface area contributed by atoms with Crippen molar-refractivity contribution >= 4 is 55.1 Å². The Bertz CT molecular complexity index is 1840. The number of ether oxygens (including phenoxy) is 2. The van der Waals surface area contributed by atoms with Crippen molar-refractivity contribution in [1.29, 1.82) is 0 Å². The molecule has 3 aromatic heterocycles. The number of rotatable bonds is 8. The van der Waals surface area contributed by atoms with Crippen LogP contribution in [0.15, 0.2) is 54.7 Å². The lowest BCUT2D eigenvalue weighted by molar-refractivity contribution is -0.159. The molecule has 1 saturated heterocycles. The van der Waals surface area contributed by atoms with Crippen LogP contribution in [0.3, 0.4) is 0 Å². The second kappa shape index (κ2) is 11.6. The molecule has 234 valence electrons. The largest absolute Gasteiger partial charge is 0.465 e. The molecule has 4 heterocycles. The lowest BCUT2D eigenvalue weighted by Gasteiger charge is -2.25. The molecular formula is C30H34ClN5O6S2. The van der Waals surface area contributed by atoms with Crippen LogP contribution in [0.2, 0.25) is 5.02 Å². The third-order valence-corrected chi connectivity index (χ3v) is 9.75. The minimum Gasteiger partial charge on any atom is -0.465 e. The van der Waals surface area contributed by atoms with Crippen molar-refractivity contribution in [3.63, 3.8) is 0 Å². The standard InChI is InChI=1S/C30H34ClN5O6S2/c1-28(2,3)36-44(39,40)35-25(24-20(31)10-11-23(33-24)34-27(37)38)22-14-17-8-7-9-19(26(17)43-22)21-15-18(12-13-32-21)30(6)16-41-29(4,5)42-30/h7-15,25,35-36H,16H2,1-6H3,(H,33,34)(H,37,38)/t25?,30-/m1/s1. The smallest absolute Gasteiger partial charge is 0.410 e. The Hall–Kier alpha value is -3.17. The number of anilines is 1. The fourth-order valence-electron chi connectivity index (χ4n) is 5.06. The van der Waals surface area contributed by atoms with Crippen LogP contribution in [0.1, 0.15) is 63.7 Å². The van der Waals surface area contributed by atoms with Crippen LogP contribution < -0.4 is 14.8 Å². The van der Waals surface area contributed by atoms with Gasteiger partial charge in [-0.05, 0) is 82.8 Å². The summed E-state index contributed by atoms with van der Waals surface area (Å²) in [4.78, 5) is 20.9. The van der Waals surface area contributed by atoms with Crippen LogP contribution in [-0.2, 0) is 25.3 Å². The highest BCUT2D eigenvalue weighted by Crippen LogP contribution is 2.42. The van der Waals surface area contributed by atoms with Crippen molar-refractivity contribution < 1.29 is 27.8 Å². The van der Waals surface area contributed by atoms with Crippen molar-refractivity contribution in [2.45, 2.75) is 64.5 Å². The summed E-state index contributed by atoms with van der Waals surface area (Å²) in [6, 6.07) is 13.4. The lowest BCUT2D eigenvalue weighted by atomic mass is 9.96. The van der Waals surface area contributed by atoms with Crippen molar-refractivity contribution in [3.05, 3.63) is 75.9 Å². The first-order valence-corrected chi connectivity index (χ1v) is 16.4. The Balaban J connectivity index is 1.61. The van der Waals surface area contributed by atoms with Crippen LogP contribution in [0.25, 0.3) is 21.3 Å². The number of benzene rings is 1. The molecule has 2 atom stereocenters. The molecule has 1 fully saturated rings. The quantitative estimate of drug-likeness (QED) is 0.169. The van der Waals surface area contributed by atoms with Gasteiger partial charge in [0.2, 0.25) is 0 Å². The van der Waals surface area contributed by atoms with Gasteiger partial charge >= 0.3 is 6.09 Å². The monoisotopic (exact) mass is 659 g/mol. The van der Waals surface area contributed by atoms with E-state index in [2.05, 4.69) is 24.7 Å². The molecule has 1 aliphatic rings. The summed E-state index contributed by atoms with van der Waals surface area (Å²) in [5, 5.41) is 12.5. The van der Waals surface area contributed by atoms with Gasteiger partial charge in [0.15, 0.2) is 5.79 Å². The van der Waals surface area contributed by atoms with Gasteiger partial charge in [0, 0.05) is 26.9 Å². The van der Waals surface area contributed by atoms with E-state index in [4.69, 9.17) is 21.1 Å². The molecule has 44 heavy (non-hydrogen) atoms. The van der Waals surface area contributed by atoms with E-state index in [9.17, 15) is 18.3 Å². The van der Waals surface area contributed by atoms with Crippen LogP contribution in [0.4, 0.5) is 10.6 Å². The number of nitrogens with zero attached hydrogens (tertiary/aromatic N) is 2. The van der Waals surface area contributed by atoms with E-state index in [1.165, 1.54) is 23.5 Å². The number of carbonyl (C=O) groups is 1. The third kappa shape index (κ3) is 7.20. The third-order valence-electron chi connectivity index (χ3n) is 6.76. The molecular weight excluding hydrogens is 626 g/mol. The molecule has 0 aliphatic carbocycles. The topological polar surface area (TPSA) is 152 Å². The van der Waals surface area contributed by atoms with Crippen molar-refractivity contribution in [1.82, 2.24) is 19.4 Å². The van der Waals surface area contributed by atoms with Crippen LogP contribution >= 0.6 is 22.9 Å². The molecule has 1 aliphatic heterocycles. The highest BCUT2D eigenvalue weighted by molar-refractivity contribution is 7.87. The van der Waals surface area contributed by atoms with E-state index in [1.54, 1.807) is 27.0 Å². The van der Waals surface area contributed by atoms with E-state index in [1.807, 2.05) is 57.2 Å². The van der Waals surface area contributed by atoms with Gasteiger partial charge in [-0.15, -0.1) is 11.3 Å². The van der Waals surface area contributed by atoms with Crippen LogP contribution in [-0.4, -0.2) is 47.5 Å². The minimum atomic E-state index is -4.09. The maximum Gasteiger partial charge on any atom is 0.410 e. The zero-order valence-electron chi connectivity index (χ0n) is 25.1. The number of halogens is 1. The molecule has 0 spiro atoms. The maximum atomic E-state index is 13.3. The Morgan fingerprint density at radius 3 is 2.55 bits per heavy atom. The van der Waals surface area contributed by atoms with E-state index in [0.717, 1.165) is 21.2 Å². The zero-order valence-corrected chi connectivity index (χ0v) is 27.4. The first kappa shape index (κ1) is 32.2. The number of nitrogens with one attached hydrogen (secondary N) is 3. The molecule has 0 saturated carbocycles. The van der Waals surface area contributed by atoms with Gasteiger partial charge < -0.3 is 14.6 Å². The Morgan fingerprint density at radius 2 is 1.89 bits per heavy atom. The normalized spacial score (nSPS) is 19.2. The molecule has 5 rings (SSSR count). The van der Waals surface area contributed by atoms with Crippen molar-refractivity contribution in [3.8, 4) is 11.3 Å². The Labute approximate surface area is 265 Å². The number of hydrogen-bond donors (Lipinski definition) is 4.